The van der Waals surface area contributed by atoms with Crippen molar-refractivity contribution in [3.05, 3.63) is 59.8 Å². The second-order valence-electron chi connectivity index (χ2n) is 4.44. The Kier molecular flexibility index (Phi) is 4.00. The Hall–Kier alpha value is -1.68. The van der Waals surface area contributed by atoms with Crippen LogP contribution in [0.15, 0.2) is 42.6 Å². The number of anilines is 1. The van der Waals surface area contributed by atoms with Gasteiger partial charge >= 0.3 is 0 Å². The summed E-state index contributed by atoms with van der Waals surface area (Å²) in [4.78, 5) is 3.72. The molecule has 0 saturated carbocycles. The summed E-state index contributed by atoms with van der Waals surface area (Å²) < 4.78 is 26.5. The van der Waals surface area contributed by atoms with E-state index in [2.05, 4.69) is 10.3 Å². The quantitative estimate of drug-likeness (QED) is 0.860. The highest BCUT2D eigenvalue weighted by Gasteiger charge is 2.27. The van der Waals surface area contributed by atoms with Crippen molar-refractivity contribution in [3.63, 3.8) is 0 Å². The molecule has 0 fully saturated rings. The lowest BCUT2D eigenvalue weighted by Crippen LogP contribution is -2.34. The van der Waals surface area contributed by atoms with Crippen LogP contribution in [-0.2, 0) is 5.54 Å². The van der Waals surface area contributed by atoms with Crippen LogP contribution in [0.2, 0.25) is 0 Å². The van der Waals surface area contributed by atoms with Gasteiger partial charge in [0, 0.05) is 11.9 Å². The van der Waals surface area contributed by atoms with Crippen LogP contribution in [0.4, 0.5) is 14.6 Å². The normalized spacial score (nSPS) is 13.9. The number of rotatable bonds is 4. The zero-order valence-corrected chi connectivity index (χ0v) is 11.1. The summed E-state index contributed by atoms with van der Waals surface area (Å²) >= 11 is 5.99. The van der Waals surface area contributed by atoms with Gasteiger partial charge in [-0.05, 0) is 12.5 Å². The average Bonchev–Trinajstić information content (AvgIpc) is 2.43. The van der Waals surface area contributed by atoms with Crippen LogP contribution in [0.5, 0.6) is 0 Å². The standard InChI is InChI=1S/C14H13ClF2N2/c1-14(9-15,10-5-3-2-4-6-10)19-13-12(17)7-11(16)8-18-13/h2-8H,9H2,1H3,(H,18,19). The van der Waals surface area contributed by atoms with E-state index in [0.29, 0.717) is 0 Å². The van der Waals surface area contributed by atoms with Crippen LogP contribution in [0, 0.1) is 11.6 Å². The Bertz CT molecular complexity index is 563. The molecule has 1 unspecified atom stereocenters. The number of hydrogen-bond donors (Lipinski definition) is 1. The second kappa shape index (κ2) is 5.53. The van der Waals surface area contributed by atoms with Gasteiger partial charge in [-0.2, -0.15) is 0 Å². The molecule has 0 amide bonds. The lowest BCUT2D eigenvalue weighted by Gasteiger charge is -2.30. The van der Waals surface area contributed by atoms with E-state index in [4.69, 9.17) is 11.6 Å². The van der Waals surface area contributed by atoms with E-state index in [-0.39, 0.29) is 11.7 Å². The van der Waals surface area contributed by atoms with Gasteiger partial charge in [0.2, 0.25) is 0 Å². The maximum absolute atomic E-state index is 13.6. The smallest absolute Gasteiger partial charge is 0.168 e. The zero-order chi connectivity index (χ0) is 13.9. The van der Waals surface area contributed by atoms with Crippen molar-refractivity contribution in [2.45, 2.75) is 12.5 Å². The van der Waals surface area contributed by atoms with Gasteiger partial charge in [-0.25, -0.2) is 13.8 Å². The van der Waals surface area contributed by atoms with E-state index < -0.39 is 17.2 Å². The predicted octanol–water partition coefficient (Wildman–Crippen LogP) is 3.93. The fraction of sp³-hybridized carbons (Fsp3) is 0.214. The van der Waals surface area contributed by atoms with Gasteiger partial charge in [-0.15, -0.1) is 11.6 Å². The maximum atomic E-state index is 13.6. The number of halogens is 3. The van der Waals surface area contributed by atoms with Crippen molar-refractivity contribution < 1.29 is 8.78 Å². The first kappa shape index (κ1) is 13.7. The minimum Gasteiger partial charge on any atom is -0.357 e. The number of alkyl halides is 1. The summed E-state index contributed by atoms with van der Waals surface area (Å²) in [5, 5.41) is 2.93. The number of benzene rings is 1. The number of nitrogens with one attached hydrogen (secondary N) is 1. The second-order valence-corrected chi connectivity index (χ2v) is 4.71. The Labute approximate surface area is 115 Å². The predicted molar refractivity (Wildman–Crippen MR) is 72.3 cm³/mol. The molecule has 1 aromatic heterocycles. The Morgan fingerprint density at radius 3 is 2.53 bits per heavy atom. The van der Waals surface area contributed by atoms with Crippen molar-refractivity contribution in [1.82, 2.24) is 4.98 Å². The Morgan fingerprint density at radius 2 is 1.95 bits per heavy atom. The van der Waals surface area contributed by atoms with Gasteiger partial charge in [0.05, 0.1) is 11.7 Å². The first-order valence-corrected chi connectivity index (χ1v) is 6.29. The topological polar surface area (TPSA) is 24.9 Å². The minimum atomic E-state index is -0.743. The molecule has 0 bridgehead atoms. The summed E-state index contributed by atoms with van der Waals surface area (Å²) in [5.74, 6) is -1.26. The first-order chi connectivity index (χ1) is 9.05. The molecule has 1 N–H and O–H groups in total. The summed E-state index contributed by atoms with van der Waals surface area (Å²) in [5.41, 5.74) is 0.213. The third-order valence-corrected chi connectivity index (χ3v) is 3.41. The maximum Gasteiger partial charge on any atom is 0.168 e. The number of hydrogen-bond acceptors (Lipinski definition) is 2. The zero-order valence-electron chi connectivity index (χ0n) is 10.3. The van der Waals surface area contributed by atoms with E-state index in [1.54, 1.807) is 0 Å². The summed E-state index contributed by atoms with van der Waals surface area (Å²) in [6, 6.07) is 10.2. The van der Waals surface area contributed by atoms with Crippen molar-refractivity contribution in [2.75, 3.05) is 11.2 Å². The third-order valence-electron chi connectivity index (χ3n) is 2.88. The van der Waals surface area contributed by atoms with Gasteiger partial charge < -0.3 is 5.32 Å². The number of nitrogens with zero attached hydrogens (tertiary/aromatic N) is 1. The molecule has 2 aromatic rings. The molecule has 2 nitrogen and oxygen atoms in total. The molecule has 0 aliphatic rings. The molecule has 100 valence electrons. The van der Waals surface area contributed by atoms with Gasteiger partial charge in [0.15, 0.2) is 11.6 Å². The fourth-order valence-corrected chi connectivity index (χ4v) is 1.98. The number of pyridine rings is 1. The van der Waals surface area contributed by atoms with E-state index in [1.807, 2.05) is 37.3 Å². The molecule has 0 radical (unpaired) electrons. The van der Waals surface area contributed by atoms with Crippen LogP contribution in [-0.4, -0.2) is 10.9 Å². The van der Waals surface area contributed by atoms with E-state index in [1.165, 1.54) is 0 Å². The molecule has 5 heteroatoms. The van der Waals surface area contributed by atoms with Crippen molar-refractivity contribution in [1.29, 1.82) is 0 Å². The lowest BCUT2D eigenvalue weighted by atomic mass is 9.94. The first-order valence-electron chi connectivity index (χ1n) is 5.76. The highest BCUT2D eigenvalue weighted by molar-refractivity contribution is 6.18. The van der Waals surface area contributed by atoms with Crippen LogP contribution >= 0.6 is 11.6 Å². The van der Waals surface area contributed by atoms with Gasteiger partial charge in [0.25, 0.3) is 0 Å². The summed E-state index contributed by atoms with van der Waals surface area (Å²) in [6.45, 7) is 1.83. The molecular weight excluding hydrogens is 270 g/mol. The molecule has 0 spiro atoms. The van der Waals surface area contributed by atoms with Gasteiger partial charge in [-0.1, -0.05) is 30.3 Å². The van der Waals surface area contributed by atoms with Crippen LogP contribution in [0.1, 0.15) is 12.5 Å². The molecular formula is C14H13ClF2N2. The van der Waals surface area contributed by atoms with Crippen LogP contribution in [0.25, 0.3) is 0 Å². The molecule has 0 saturated heterocycles. The minimum absolute atomic E-state index is 0.0200. The lowest BCUT2D eigenvalue weighted by molar-refractivity contribution is 0.558. The Balaban J connectivity index is 2.33. The van der Waals surface area contributed by atoms with Crippen LogP contribution in [0.3, 0.4) is 0 Å². The van der Waals surface area contributed by atoms with Gasteiger partial charge in [-0.3, -0.25) is 0 Å². The largest absolute Gasteiger partial charge is 0.357 e. The fourth-order valence-electron chi connectivity index (χ4n) is 1.76. The molecule has 19 heavy (non-hydrogen) atoms. The van der Waals surface area contributed by atoms with Gasteiger partial charge in [0.1, 0.15) is 5.82 Å². The molecule has 1 aromatic carbocycles. The number of aromatic nitrogens is 1. The van der Waals surface area contributed by atoms with Crippen molar-refractivity contribution >= 4 is 17.4 Å². The molecule has 2 rings (SSSR count). The highest BCUT2D eigenvalue weighted by atomic mass is 35.5. The highest BCUT2D eigenvalue weighted by Crippen LogP contribution is 2.27. The van der Waals surface area contributed by atoms with Crippen LogP contribution < -0.4 is 5.32 Å². The molecule has 0 aliphatic heterocycles. The van der Waals surface area contributed by atoms with Crippen molar-refractivity contribution in [3.8, 4) is 0 Å². The molecule has 0 aliphatic carbocycles. The van der Waals surface area contributed by atoms with Crippen molar-refractivity contribution in [2.24, 2.45) is 0 Å². The van der Waals surface area contributed by atoms with E-state index in [0.717, 1.165) is 17.8 Å². The van der Waals surface area contributed by atoms with E-state index in [9.17, 15) is 8.78 Å². The molecule has 1 atom stereocenters. The average molecular weight is 283 g/mol. The third kappa shape index (κ3) is 3.01. The molecule has 1 heterocycles. The Morgan fingerprint density at radius 1 is 1.26 bits per heavy atom. The summed E-state index contributed by atoms with van der Waals surface area (Å²) in [6.07, 6.45) is 0.963. The SMILES string of the molecule is CC(CCl)(Nc1ncc(F)cc1F)c1ccccc1. The van der Waals surface area contributed by atoms with E-state index >= 15 is 0 Å². The monoisotopic (exact) mass is 282 g/mol. The summed E-state index contributed by atoms with van der Waals surface area (Å²) in [7, 11) is 0.